The molecule has 0 bridgehead atoms. The third-order valence-electron chi connectivity index (χ3n) is 10.7. The Bertz CT molecular complexity index is 3010. The fraction of sp³-hybridized carbons (Fsp3) is 0. The molecule has 0 spiro atoms. The van der Waals surface area contributed by atoms with Crippen LogP contribution in [0.4, 0.5) is 34.1 Å². The van der Waals surface area contributed by atoms with Gasteiger partial charge in [0.25, 0.3) is 0 Å². The van der Waals surface area contributed by atoms with Crippen molar-refractivity contribution in [2.75, 3.05) is 9.80 Å². The number of aromatic nitrogens is 4. The Morgan fingerprint density at radius 3 is 0.849 bits per heavy atom. The second-order valence-corrected chi connectivity index (χ2v) is 15.8. The number of para-hydroxylation sites is 4. The molecule has 0 saturated carbocycles. The molecule has 354 valence electrons. The van der Waals surface area contributed by atoms with Crippen molar-refractivity contribution in [1.29, 1.82) is 0 Å². The molecule has 0 amide bonds. The van der Waals surface area contributed by atoms with Gasteiger partial charge in [0.15, 0.2) is 0 Å². The Labute approximate surface area is 450 Å². The van der Waals surface area contributed by atoms with Crippen LogP contribution in [0.3, 0.4) is 0 Å². The topological polar surface area (TPSA) is 103 Å². The maximum atomic E-state index is 7.13. The van der Waals surface area contributed by atoms with E-state index >= 15 is 0 Å². The number of hydrogen-bond donors (Lipinski definition) is 0. The molecule has 0 fully saturated rings. The van der Waals surface area contributed by atoms with Gasteiger partial charge in [0.05, 0.1) is 22.8 Å². The molecule has 11 heteroatoms. The van der Waals surface area contributed by atoms with Crippen LogP contribution in [0.5, 0.6) is 0 Å². The summed E-state index contributed by atoms with van der Waals surface area (Å²) in [6.07, 6.45) is 15.7. The van der Waals surface area contributed by atoms with Gasteiger partial charge in [-0.1, -0.05) is 158 Å². The summed E-state index contributed by atoms with van der Waals surface area (Å²) in [5.41, 5.74) is 14.5. The van der Waals surface area contributed by atoms with E-state index in [-0.39, 0.29) is 19.5 Å². The normalized spacial score (nSPS) is 10.1. The summed E-state index contributed by atoms with van der Waals surface area (Å²) in [7, 11) is 0. The molecule has 0 unspecified atom stereocenters. The molecule has 4 aromatic heterocycles. The van der Waals surface area contributed by atoms with Gasteiger partial charge in [-0.3, -0.25) is 19.9 Å². The molecule has 6 aromatic carbocycles. The minimum Gasteiger partial charge on any atom is -0.753 e. The summed E-state index contributed by atoms with van der Waals surface area (Å²) in [6.45, 7) is 0. The van der Waals surface area contributed by atoms with Crippen molar-refractivity contribution < 1.29 is 19.5 Å². The summed E-state index contributed by atoms with van der Waals surface area (Å²) in [4.78, 5) is 22.2. The Kier molecular flexibility index (Phi) is 21.6. The maximum absolute atomic E-state index is 7.13. The van der Waals surface area contributed by atoms with E-state index in [9.17, 15) is 0 Å². The molecule has 0 N–H and O–H groups in total. The monoisotopic (exact) mass is 1070 g/mol. The van der Waals surface area contributed by atoms with Crippen molar-refractivity contribution in [3.8, 4) is 22.8 Å². The van der Waals surface area contributed by atoms with Gasteiger partial charge in [-0.15, -0.1) is 0 Å². The minimum absolute atomic E-state index is 0. The van der Waals surface area contributed by atoms with Gasteiger partial charge in [0.1, 0.15) is 0 Å². The molecule has 0 atom stereocenters. The fourth-order valence-corrected chi connectivity index (χ4v) is 7.47. The molecule has 10 aromatic rings. The van der Waals surface area contributed by atoms with Crippen molar-refractivity contribution in [1.82, 2.24) is 19.9 Å². The van der Waals surface area contributed by atoms with E-state index in [4.69, 9.17) is 10.8 Å². The van der Waals surface area contributed by atoms with Gasteiger partial charge in [-0.25, -0.2) is 0 Å². The molecule has 8 nitrogen and oxygen atoms in total. The quantitative estimate of drug-likeness (QED) is 0.0677. The van der Waals surface area contributed by atoms with Gasteiger partial charge in [-0.05, 0) is 144 Å². The number of benzene rings is 6. The van der Waals surface area contributed by atoms with Crippen molar-refractivity contribution in [3.05, 3.63) is 288 Å². The zero-order valence-corrected chi connectivity index (χ0v) is 42.7. The Balaban J connectivity index is 0.000000388. The zero-order chi connectivity index (χ0) is 50.0. The van der Waals surface area contributed by atoms with Crippen molar-refractivity contribution in [2.24, 2.45) is 0 Å². The molecule has 4 heterocycles. The van der Waals surface area contributed by atoms with E-state index in [1.165, 1.54) is 10.3 Å². The van der Waals surface area contributed by atoms with E-state index in [1.54, 1.807) is 12.4 Å². The standard InChI is InChI=1S/C50H38N4.C10H8N2.2CNS.Ru/c1-5-13-43(14-6-1)53(44-15-7-2-8-16-44)47-29-25-39(26-30-47)21-23-41-33-35-51-49(37-41)50-38-42(34-36-52-50)24-22-40-27-31-48(32-28-40)54(45-17-9-3-10-18-45)46-19-11-4-12-20-46;1-3-7-11-9(5-1)10-6-2-4-8-12-10;2*2-1-3;/h1-38H;1-8H;;;/q;;2*-1;+2/b23-21+,24-22+;;;;. The SMILES string of the molecule is C(=C\c1ccnc(-c2cc(/C=C/c3ccc(N(c4ccccc4)c4ccccc4)cc3)ccn2)c1)/c1ccc(N(c2ccccc2)c2ccccc2)cc1.[N-]=C=S.[N-]=C=S.[Ru+2].c1ccc(-c2ccccn2)nc1. The largest absolute Gasteiger partial charge is 2.00 e. The van der Waals surface area contributed by atoms with Crippen LogP contribution >= 0.6 is 24.4 Å². The minimum atomic E-state index is 0. The molecule has 73 heavy (non-hydrogen) atoms. The van der Waals surface area contributed by atoms with Crippen LogP contribution < -0.4 is 9.80 Å². The Morgan fingerprint density at radius 1 is 0.301 bits per heavy atom. The number of anilines is 6. The zero-order valence-electron chi connectivity index (χ0n) is 39.3. The first-order valence-corrected chi connectivity index (χ1v) is 23.5. The van der Waals surface area contributed by atoms with Crippen LogP contribution in [0.1, 0.15) is 22.3 Å². The average Bonchev–Trinajstić information content (AvgIpc) is 3.45. The molecular formula is C62H46N8RuS2. The van der Waals surface area contributed by atoms with Gasteiger partial charge < -0.3 is 20.6 Å². The summed E-state index contributed by atoms with van der Waals surface area (Å²) in [5, 5.41) is 16.9. The number of thiocarbonyl (C=S) groups is 2. The van der Waals surface area contributed by atoms with Gasteiger partial charge in [0, 0.05) is 58.9 Å². The van der Waals surface area contributed by atoms with E-state index in [0.717, 1.165) is 79.2 Å². The predicted molar refractivity (Wildman–Crippen MR) is 307 cm³/mol. The van der Waals surface area contributed by atoms with Crippen LogP contribution in [0.2, 0.25) is 0 Å². The second-order valence-electron chi connectivity index (χ2n) is 15.4. The van der Waals surface area contributed by atoms with Gasteiger partial charge in [-0.2, -0.15) is 10.3 Å². The third kappa shape index (κ3) is 16.1. The maximum Gasteiger partial charge on any atom is 2.00 e. The molecular weight excluding hydrogens is 1020 g/mol. The summed E-state index contributed by atoms with van der Waals surface area (Å²) < 4.78 is 0. The van der Waals surface area contributed by atoms with E-state index in [1.807, 2.05) is 85.2 Å². The first-order valence-electron chi connectivity index (χ1n) is 22.7. The van der Waals surface area contributed by atoms with E-state index in [0.29, 0.717) is 0 Å². The molecule has 0 saturated heterocycles. The Hall–Kier alpha value is -8.78. The molecule has 0 aliphatic rings. The van der Waals surface area contributed by atoms with Crippen molar-refractivity contribution in [3.63, 3.8) is 0 Å². The third-order valence-corrected chi connectivity index (χ3v) is 10.7. The van der Waals surface area contributed by atoms with Crippen LogP contribution in [-0.2, 0) is 19.5 Å². The van der Waals surface area contributed by atoms with E-state index < -0.39 is 0 Å². The molecule has 10 rings (SSSR count). The van der Waals surface area contributed by atoms with Crippen LogP contribution in [0.15, 0.2) is 255 Å². The summed E-state index contributed by atoms with van der Waals surface area (Å²) in [6, 6.07) is 78.9. The van der Waals surface area contributed by atoms with E-state index in [2.05, 4.69) is 236 Å². The van der Waals surface area contributed by atoms with Crippen LogP contribution in [0.25, 0.3) is 57.9 Å². The molecule has 0 aliphatic heterocycles. The average molecular weight is 1070 g/mol. The predicted octanol–water partition coefficient (Wildman–Crippen LogP) is 16.9. The number of rotatable bonds is 12. The number of pyridine rings is 4. The van der Waals surface area contributed by atoms with Gasteiger partial charge >= 0.3 is 19.5 Å². The molecule has 0 aliphatic carbocycles. The summed E-state index contributed by atoms with van der Waals surface area (Å²) >= 11 is 7.40. The van der Waals surface area contributed by atoms with Gasteiger partial charge in [0.2, 0.25) is 0 Å². The number of nitrogens with zero attached hydrogens (tertiary/aromatic N) is 8. The van der Waals surface area contributed by atoms with Crippen molar-refractivity contribution in [2.45, 2.75) is 0 Å². The first kappa shape index (κ1) is 53.6. The first-order chi connectivity index (χ1) is 35.6. The van der Waals surface area contributed by atoms with Crippen LogP contribution in [-0.4, -0.2) is 30.3 Å². The number of isothiocyanates is 2. The fourth-order valence-electron chi connectivity index (χ4n) is 7.47. The van der Waals surface area contributed by atoms with Crippen molar-refractivity contribution >= 4 is 93.2 Å². The molecule has 0 radical (unpaired) electrons. The number of hydrogen-bond acceptors (Lipinski definition) is 8. The Morgan fingerprint density at radius 2 is 0.562 bits per heavy atom. The smallest absolute Gasteiger partial charge is 0.753 e. The summed E-state index contributed by atoms with van der Waals surface area (Å²) in [5.74, 6) is 0. The second kappa shape index (κ2) is 29.4. The van der Waals surface area contributed by atoms with Crippen LogP contribution in [0, 0.1) is 0 Å².